The number of likely N-dealkylation sites (tertiary alicyclic amines) is 1. The van der Waals surface area contributed by atoms with Crippen LogP contribution in [0.3, 0.4) is 0 Å². The Balaban J connectivity index is 1.94. The summed E-state index contributed by atoms with van der Waals surface area (Å²) >= 11 is 0. The molecule has 2 N–H and O–H groups in total. The third kappa shape index (κ3) is 2.80. The predicted octanol–water partition coefficient (Wildman–Crippen LogP) is 0.997. The van der Waals surface area contributed by atoms with Crippen LogP contribution in [0, 0.1) is 11.8 Å². The second-order valence-electron chi connectivity index (χ2n) is 5.62. The first kappa shape index (κ1) is 12.8. The molecule has 2 aliphatic rings. The molecule has 1 saturated carbocycles. The molecule has 1 amide bonds. The maximum Gasteiger partial charge on any atom is 0.227 e. The minimum atomic E-state index is 0.0364. The minimum absolute atomic E-state index is 0.0364. The Bertz CT molecular complexity index is 283. The van der Waals surface area contributed by atoms with Gasteiger partial charge in [0.15, 0.2) is 0 Å². The van der Waals surface area contributed by atoms with Gasteiger partial charge in [0.2, 0.25) is 5.91 Å². The van der Waals surface area contributed by atoms with E-state index < -0.39 is 0 Å². The average molecular weight is 240 g/mol. The third-order valence-corrected chi connectivity index (χ3v) is 4.27. The van der Waals surface area contributed by atoms with Crippen LogP contribution in [0.15, 0.2) is 0 Å². The number of hydrogen-bond donors (Lipinski definition) is 1. The van der Waals surface area contributed by atoms with Crippen LogP contribution >= 0.6 is 0 Å². The van der Waals surface area contributed by atoms with Gasteiger partial charge in [-0.15, -0.1) is 0 Å². The summed E-state index contributed by atoms with van der Waals surface area (Å²) in [6.07, 6.45) is 4.27. The molecule has 4 heteroatoms. The van der Waals surface area contributed by atoms with E-state index in [9.17, 15) is 4.79 Å². The van der Waals surface area contributed by atoms with E-state index in [1.54, 1.807) is 7.11 Å². The highest BCUT2D eigenvalue weighted by molar-refractivity contribution is 5.80. The fraction of sp³-hybridized carbons (Fsp3) is 0.923. The Morgan fingerprint density at radius 1 is 1.35 bits per heavy atom. The lowest BCUT2D eigenvalue weighted by atomic mass is 9.78. The number of carbonyl (C=O) groups is 1. The largest absolute Gasteiger partial charge is 0.380 e. The van der Waals surface area contributed by atoms with Crippen molar-refractivity contribution in [1.82, 2.24) is 4.90 Å². The van der Waals surface area contributed by atoms with Crippen molar-refractivity contribution in [3.05, 3.63) is 0 Å². The smallest absolute Gasteiger partial charge is 0.227 e. The van der Waals surface area contributed by atoms with Gasteiger partial charge in [-0.2, -0.15) is 0 Å². The van der Waals surface area contributed by atoms with Crippen molar-refractivity contribution in [1.29, 1.82) is 0 Å². The maximum absolute atomic E-state index is 12.4. The zero-order valence-corrected chi connectivity index (χ0v) is 10.9. The van der Waals surface area contributed by atoms with Crippen LogP contribution in [0.1, 0.15) is 32.6 Å². The molecule has 0 aromatic rings. The maximum atomic E-state index is 12.4. The van der Waals surface area contributed by atoms with Crippen molar-refractivity contribution < 1.29 is 9.53 Å². The lowest BCUT2D eigenvalue weighted by molar-refractivity contribution is -0.137. The molecule has 0 spiro atoms. The van der Waals surface area contributed by atoms with E-state index in [0.717, 1.165) is 38.8 Å². The van der Waals surface area contributed by atoms with Gasteiger partial charge in [0, 0.05) is 26.2 Å². The van der Waals surface area contributed by atoms with Crippen LogP contribution in [-0.2, 0) is 9.53 Å². The molecule has 98 valence electrons. The monoisotopic (exact) mass is 240 g/mol. The summed E-state index contributed by atoms with van der Waals surface area (Å²) in [4.78, 5) is 14.3. The average Bonchev–Trinajstić information content (AvgIpc) is 2.80. The van der Waals surface area contributed by atoms with Crippen LogP contribution < -0.4 is 5.73 Å². The first-order valence-electron chi connectivity index (χ1n) is 6.69. The number of nitrogens with two attached hydrogens (primary N) is 1. The van der Waals surface area contributed by atoms with Crippen LogP contribution in [0.2, 0.25) is 0 Å². The van der Waals surface area contributed by atoms with Gasteiger partial charge in [0.25, 0.3) is 0 Å². The summed E-state index contributed by atoms with van der Waals surface area (Å²) < 4.78 is 5.30. The molecule has 1 saturated heterocycles. The lowest BCUT2D eigenvalue weighted by Crippen LogP contribution is -2.46. The Kier molecular flexibility index (Phi) is 4.05. The summed E-state index contributed by atoms with van der Waals surface area (Å²) in [7, 11) is 1.72. The molecule has 4 unspecified atom stereocenters. The molecule has 0 radical (unpaired) electrons. The normalized spacial score (nSPS) is 38.4. The van der Waals surface area contributed by atoms with E-state index in [1.807, 2.05) is 4.90 Å². The van der Waals surface area contributed by atoms with Crippen molar-refractivity contribution in [3.63, 3.8) is 0 Å². The molecule has 17 heavy (non-hydrogen) atoms. The lowest BCUT2D eigenvalue weighted by Gasteiger charge is -2.34. The van der Waals surface area contributed by atoms with Gasteiger partial charge in [-0.05, 0) is 31.6 Å². The molecule has 0 aromatic carbocycles. The summed E-state index contributed by atoms with van der Waals surface area (Å²) in [5, 5.41) is 0. The Labute approximate surface area is 103 Å². The molecule has 0 bridgehead atoms. The van der Waals surface area contributed by atoms with Crippen molar-refractivity contribution in [2.75, 3.05) is 20.2 Å². The van der Waals surface area contributed by atoms with E-state index in [1.165, 1.54) is 0 Å². The minimum Gasteiger partial charge on any atom is -0.380 e. The number of nitrogens with zero attached hydrogens (tertiary/aromatic N) is 1. The molecule has 4 atom stereocenters. The van der Waals surface area contributed by atoms with Crippen LogP contribution in [0.25, 0.3) is 0 Å². The summed E-state index contributed by atoms with van der Waals surface area (Å²) in [6, 6.07) is 0.0558. The Morgan fingerprint density at radius 2 is 2.12 bits per heavy atom. The summed E-state index contributed by atoms with van der Waals surface area (Å²) in [5.74, 6) is 0.919. The number of rotatable bonds is 2. The SMILES string of the molecule is COC1CCN(C(=O)C2CC(C)CCC2N)C1. The quantitative estimate of drug-likeness (QED) is 0.783. The molecular weight excluding hydrogens is 216 g/mol. The van der Waals surface area contributed by atoms with Gasteiger partial charge in [-0.25, -0.2) is 0 Å². The first-order chi connectivity index (χ1) is 8.11. The van der Waals surface area contributed by atoms with Gasteiger partial charge in [-0.3, -0.25) is 4.79 Å². The summed E-state index contributed by atoms with van der Waals surface area (Å²) in [5.41, 5.74) is 6.10. The predicted molar refractivity (Wildman–Crippen MR) is 66.5 cm³/mol. The number of amides is 1. The van der Waals surface area contributed by atoms with E-state index in [2.05, 4.69) is 6.92 Å². The van der Waals surface area contributed by atoms with Gasteiger partial charge < -0.3 is 15.4 Å². The topological polar surface area (TPSA) is 55.6 Å². The van der Waals surface area contributed by atoms with E-state index >= 15 is 0 Å². The molecule has 1 heterocycles. The highest BCUT2D eigenvalue weighted by Gasteiger charge is 2.36. The van der Waals surface area contributed by atoms with Crippen LogP contribution in [0.4, 0.5) is 0 Å². The number of hydrogen-bond acceptors (Lipinski definition) is 3. The van der Waals surface area contributed by atoms with E-state index in [-0.39, 0.29) is 24.0 Å². The molecule has 2 rings (SSSR count). The van der Waals surface area contributed by atoms with Crippen molar-refractivity contribution in [2.45, 2.75) is 44.8 Å². The Morgan fingerprint density at radius 3 is 2.76 bits per heavy atom. The number of methoxy groups -OCH3 is 1. The number of carbonyl (C=O) groups excluding carboxylic acids is 1. The zero-order chi connectivity index (χ0) is 12.4. The first-order valence-corrected chi connectivity index (χ1v) is 6.69. The van der Waals surface area contributed by atoms with Gasteiger partial charge in [0.05, 0.1) is 12.0 Å². The standard InChI is InChI=1S/C13H24N2O2/c1-9-3-4-12(14)11(7-9)13(16)15-6-5-10(8-15)17-2/h9-12H,3-8,14H2,1-2H3. The second-order valence-corrected chi connectivity index (χ2v) is 5.62. The highest BCUT2D eigenvalue weighted by Crippen LogP contribution is 2.30. The van der Waals surface area contributed by atoms with Gasteiger partial charge >= 0.3 is 0 Å². The molecule has 1 aliphatic heterocycles. The van der Waals surface area contributed by atoms with Gasteiger partial charge in [0.1, 0.15) is 0 Å². The summed E-state index contributed by atoms with van der Waals surface area (Å²) in [6.45, 7) is 3.79. The second kappa shape index (κ2) is 5.36. The van der Waals surface area contributed by atoms with Crippen molar-refractivity contribution in [3.8, 4) is 0 Å². The van der Waals surface area contributed by atoms with Crippen LogP contribution in [-0.4, -0.2) is 43.2 Å². The molecule has 0 aromatic heterocycles. The zero-order valence-electron chi connectivity index (χ0n) is 10.9. The molecular formula is C13H24N2O2. The highest BCUT2D eigenvalue weighted by atomic mass is 16.5. The fourth-order valence-corrected chi connectivity index (χ4v) is 3.04. The molecule has 2 fully saturated rings. The number of ether oxygens (including phenoxy) is 1. The van der Waals surface area contributed by atoms with Crippen molar-refractivity contribution >= 4 is 5.91 Å². The van der Waals surface area contributed by atoms with Crippen LogP contribution in [0.5, 0.6) is 0 Å². The van der Waals surface area contributed by atoms with Gasteiger partial charge in [-0.1, -0.05) is 6.92 Å². The van der Waals surface area contributed by atoms with E-state index in [0.29, 0.717) is 5.92 Å². The van der Waals surface area contributed by atoms with Crippen molar-refractivity contribution in [2.24, 2.45) is 17.6 Å². The third-order valence-electron chi connectivity index (χ3n) is 4.27. The molecule has 4 nitrogen and oxygen atoms in total. The fourth-order valence-electron chi connectivity index (χ4n) is 3.04. The molecule has 1 aliphatic carbocycles. The Hall–Kier alpha value is -0.610. The van der Waals surface area contributed by atoms with E-state index in [4.69, 9.17) is 10.5 Å².